The molecule has 0 spiro atoms. The van der Waals surface area contributed by atoms with Gasteiger partial charge in [-0.3, -0.25) is 39.0 Å². The van der Waals surface area contributed by atoms with Crippen molar-refractivity contribution in [1.82, 2.24) is 15.1 Å². The van der Waals surface area contributed by atoms with Crippen LogP contribution in [-0.2, 0) is 19.2 Å². The van der Waals surface area contributed by atoms with Crippen molar-refractivity contribution in [2.24, 2.45) is 0 Å². The van der Waals surface area contributed by atoms with E-state index in [4.69, 9.17) is 5.11 Å². The Morgan fingerprint density at radius 1 is 1.00 bits per heavy atom. The van der Waals surface area contributed by atoms with Crippen molar-refractivity contribution >= 4 is 41.2 Å². The first-order valence-electron chi connectivity index (χ1n) is 10.9. The fourth-order valence-electron chi connectivity index (χ4n) is 4.51. The molecule has 4 rings (SSSR count). The van der Waals surface area contributed by atoms with Crippen molar-refractivity contribution in [3.63, 3.8) is 0 Å². The molecule has 1 aromatic carbocycles. The van der Waals surface area contributed by atoms with E-state index in [0.717, 1.165) is 4.90 Å². The van der Waals surface area contributed by atoms with Crippen LogP contribution in [0.15, 0.2) is 18.2 Å². The first kappa shape index (κ1) is 22.4. The molecule has 11 heteroatoms. The summed E-state index contributed by atoms with van der Waals surface area (Å²) in [6, 6.07) is 3.94. The molecule has 2 saturated heterocycles. The number of carboxylic acid groups (broad SMARTS) is 1. The largest absolute Gasteiger partial charge is 0.481 e. The van der Waals surface area contributed by atoms with Crippen LogP contribution >= 0.6 is 0 Å². The summed E-state index contributed by atoms with van der Waals surface area (Å²) in [6.07, 6.45) is 0.545. The third kappa shape index (κ3) is 4.30. The van der Waals surface area contributed by atoms with Gasteiger partial charge in [-0.2, -0.15) is 0 Å². The number of nitrogens with one attached hydrogen (secondary N) is 1. The van der Waals surface area contributed by atoms with Crippen LogP contribution in [0.2, 0.25) is 0 Å². The minimum absolute atomic E-state index is 0.0539. The van der Waals surface area contributed by atoms with E-state index in [2.05, 4.69) is 5.32 Å². The van der Waals surface area contributed by atoms with E-state index in [9.17, 15) is 28.8 Å². The molecule has 33 heavy (non-hydrogen) atoms. The number of amides is 5. The number of hydrogen-bond donors (Lipinski definition) is 2. The lowest BCUT2D eigenvalue weighted by atomic mass is 10.0. The maximum absolute atomic E-state index is 13.2. The van der Waals surface area contributed by atoms with Crippen LogP contribution in [0.25, 0.3) is 0 Å². The van der Waals surface area contributed by atoms with Crippen molar-refractivity contribution in [1.29, 1.82) is 0 Å². The van der Waals surface area contributed by atoms with Crippen molar-refractivity contribution < 1.29 is 33.9 Å². The van der Waals surface area contributed by atoms with Gasteiger partial charge in [-0.15, -0.1) is 0 Å². The SMILES string of the molecule is O=C(O)CCCC(=O)N1CCN(c2cccc3c2C(=O)N(C2CCC(=O)NC2=O)C3=O)CC1. The van der Waals surface area contributed by atoms with E-state index in [1.165, 1.54) is 0 Å². The molecule has 1 unspecified atom stereocenters. The average Bonchev–Trinajstić information content (AvgIpc) is 3.04. The van der Waals surface area contributed by atoms with Gasteiger partial charge in [0, 0.05) is 45.4 Å². The van der Waals surface area contributed by atoms with Crippen molar-refractivity contribution in [2.75, 3.05) is 31.1 Å². The van der Waals surface area contributed by atoms with Crippen LogP contribution in [0, 0.1) is 0 Å². The number of anilines is 1. The summed E-state index contributed by atoms with van der Waals surface area (Å²) in [5.74, 6) is -3.24. The third-order valence-corrected chi connectivity index (χ3v) is 6.20. The quantitative estimate of drug-likeness (QED) is 0.569. The average molecular weight is 456 g/mol. The second kappa shape index (κ2) is 9.00. The lowest BCUT2D eigenvalue weighted by Crippen LogP contribution is -2.54. The van der Waals surface area contributed by atoms with Crippen LogP contribution < -0.4 is 10.2 Å². The number of hydrogen-bond acceptors (Lipinski definition) is 7. The Kier molecular flexibility index (Phi) is 6.12. The van der Waals surface area contributed by atoms with E-state index in [1.807, 2.05) is 4.90 Å². The summed E-state index contributed by atoms with van der Waals surface area (Å²) in [6.45, 7) is 1.71. The molecular formula is C22H24N4O7. The molecule has 1 aromatic rings. The second-order valence-corrected chi connectivity index (χ2v) is 8.26. The summed E-state index contributed by atoms with van der Waals surface area (Å²) in [4.78, 5) is 77.5. The van der Waals surface area contributed by atoms with E-state index < -0.39 is 35.6 Å². The van der Waals surface area contributed by atoms with Crippen LogP contribution in [0.5, 0.6) is 0 Å². The number of carboxylic acids is 1. The highest BCUT2D eigenvalue weighted by atomic mass is 16.4. The molecule has 3 aliphatic rings. The molecule has 5 amide bonds. The molecule has 11 nitrogen and oxygen atoms in total. The normalized spacial score (nSPS) is 20.7. The number of piperidine rings is 1. The number of imide groups is 2. The zero-order valence-corrected chi connectivity index (χ0v) is 17.9. The van der Waals surface area contributed by atoms with E-state index >= 15 is 0 Å². The first-order valence-corrected chi connectivity index (χ1v) is 10.9. The Balaban J connectivity index is 1.47. The van der Waals surface area contributed by atoms with Crippen molar-refractivity contribution in [3.8, 4) is 0 Å². The standard InChI is InChI=1S/C22H24N4O7/c27-16-8-7-15(20(31)23-16)26-21(32)13-3-1-4-14(19(13)22(26)33)24-9-11-25(12-10-24)17(28)5-2-6-18(29)30/h1,3-4,15H,2,5-12H2,(H,29,30)(H,23,27,31). The molecule has 174 valence electrons. The smallest absolute Gasteiger partial charge is 0.303 e. The van der Waals surface area contributed by atoms with Gasteiger partial charge in [-0.25, -0.2) is 0 Å². The number of fused-ring (bicyclic) bond motifs is 1. The Morgan fingerprint density at radius 2 is 1.73 bits per heavy atom. The predicted molar refractivity (Wildman–Crippen MR) is 113 cm³/mol. The predicted octanol–water partition coefficient (Wildman–Crippen LogP) is -0.00870. The van der Waals surface area contributed by atoms with Crippen molar-refractivity contribution in [2.45, 2.75) is 38.1 Å². The van der Waals surface area contributed by atoms with E-state index in [1.54, 1.807) is 23.1 Å². The lowest BCUT2D eigenvalue weighted by Gasteiger charge is -2.37. The Morgan fingerprint density at radius 3 is 2.39 bits per heavy atom. The van der Waals surface area contributed by atoms with E-state index in [0.29, 0.717) is 31.9 Å². The van der Waals surface area contributed by atoms with Crippen LogP contribution in [-0.4, -0.2) is 82.6 Å². The summed E-state index contributed by atoms with van der Waals surface area (Å²) in [5.41, 5.74) is 1.02. The van der Waals surface area contributed by atoms with Gasteiger partial charge >= 0.3 is 5.97 Å². The molecule has 2 N–H and O–H groups in total. The molecule has 3 heterocycles. The minimum Gasteiger partial charge on any atom is -0.481 e. The molecule has 0 aliphatic carbocycles. The summed E-state index contributed by atoms with van der Waals surface area (Å²) in [7, 11) is 0. The van der Waals surface area contributed by atoms with Gasteiger partial charge in [-0.05, 0) is 25.0 Å². The van der Waals surface area contributed by atoms with Gasteiger partial charge in [0.15, 0.2) is 0 Å². The Hall–Kier alpha value is -3.76. The van der Waals surface area contributed by atoms with Gasteiger partial charge in [0.2, 0.25) is 17.7 Å². The second-order valence-electron chi connectivity index (χ2n) is 8.26. The fraction of sp³-hybridized carbons (Fsp3) is 0.455. The van der Waals surface area contributed by atoms with Gasteiger partial charge in [0.1, 0.15) is 6.04 Å². The fourth-order valence-corrected chi connectivity index (χ4v) is 4.51. The number of nitrogens with zero attached hydrogens (tertiary/aromatic N) is 3. The highest BCUT2D eigenvalue weighted by molar-refractivity contribution is 6.25. The highest BCUT2D eigenvalue weighted by Crippen LogP contribution is 2.34. The molecule has 0 radical (unpaired) electrons. The molecule has 0 bridgehead atoms. The number of benzene rings is 1. The Labute approximate surface area is 189 Å². The zero-order valence-electron chi connectivity index (χ0n) is 17.9. The van der Waals surface area contributed by atoms with Crippen molar-refractivity contribution in [3.05, 3.63) is 29.3 Å². The maximum atomic E-state index is 13.2. The summed E-state index contributed by atoms with van der Waals surface area (Å²) in [5, 5.41) is 10.9. The van der Waals surface area contributed by atoms with Gasteiger partial charge in [0.25, 0.3) is 11.8 Å². The topological polar surface area (TPSA) is 144 Å². The molecule has 2 fully saturated rings. The lowest BCUT2D eigenvalue weighted by molar-refractivity contribution is -0.138. The number of piperazine rings is 1. The highest BCUT2D eigenvalue weighted by Gasteiger charge is 2.46. The molecule has 1 atom stereocenters. The van der Waals surface area contributed by atoms with Crippen LogP contribution in [0.3, 0.4) is 0 Å². The van der Waals surface area contributed by atoms with Gasteiger partial charge in [0.05, 0.1) is 16.8 Å². The monoisotopic (exact) mass is 456 g/mol. The number of carbonyl (C=O) groups is 6. The first-order chi connectivity index (χ1) is 15.8. The number of carbonyl (C=O) groups excluding carboxylic acids is 5. The number of aliphatic carboxylic acids is 1. The zero-order chi connectivity index (χ0) is 23.7. The van der Waals surface area contributed by atoms with Gasteiger partial charge < -0.3 is 14.9 Å². The van der Waals surface area contributed by atoms with E-state index in [-0.39, 0.29) is 49.1 Å². The number of rotatable bonds is 6. The van der Waals surface area contributed by atoms with Crippen LogP contribution in [0.1, 0.15) is 52.8 Å². The van der Waals surface area contributed by atoms with Gasteiger partial charge in [-0.1, -0.05) is 6.07 Å². The molecular weight excluding hydrogens is 432 g/mol. The minimum atomic E-state index is -1.02. The third-order valence-electron chi connectivity index (χ3n) is 6.20. The summed E-state index contributed by atoms with van der Waals surface area (Å²) < 4.78 is 0. The molecule has 0 aromatic heterocycles. The molecule has 3 aliphatic heterocycles. The summed E-state index contributed by atoms with van der Waals surface area (Å²) >= 11 is 0. The maximum Gasteiger partial charge on any atom is 0.303 e. The van der Waals surface area contributed by atoms with Crippen LogP contribution in [0.4, 0.5) is 5.69 Å². The molecule has 0 saturated carbocycles. The Bertz CT molecular complexity index is 1050.